The van der Waals surface area contributed by atoms with Crippen LogP contribution in [-0.2, 0) is 4.79 Å². The van der Waals surface area contributed by atoms with E-state index in [-0.39, 0.29) is 5.92 Å². The number of Topliss-reactive ketones (excluding diaryl/α,β-unsaturated/α-hetero) is 1. The van der Waals surface area contributed by atoms with Crippen molar-refractivity contribution < 1.29 is 9.90 Å². The average molecular weight is 178 g/mol. The first-order chi connectivity index (χ1) is 6.07. The summed E-state index contributed by atoms with van der Waals surface area (Å²) in [6.45, 7) is 2.34. The monoisotopic (exact) mass is 178 g/mol. The Morgan fingerprint density at radius 3 is 2.85 bits per heavy atom. The second-order valence-corrected chi connectivity index (χ2v) is 5.86. The Labute approximate surface area is 77.3 Å². The predicted molar refractivity (Wildman–Crippen MR) is 45.9 cm³/mol. The molecule has 70 valence electrons. The lowest BCUT2D eigenvalue weighted by molar-refractivity contribution is -0.161. The van der Waals surface area contributed by atoms with Gasteiger partial charge in [0.15, 0.2) is 0 Å². The zero-order valence-electron chi connectivity index (χ0n) is 7.79. The number of carbonyl (C=O) groups is 1. The highest BCUT2D eigenvalue weighted by atomic mass is 16.3. The summed E-state index contributed by atoms with van der Waals surface area (Å²) in [5.41, 5.74) is -0.101. The summed E-state index contributed by atoms with van der Waals surface area (Å²) in [4.78, 5) is 11.7. The van der Waals surface area contributed by atoms with Gasteiger partial charge in [-0.1, -0.05) is 6.92 Å². The zero-order valence-corrected chi connectivity index (χ0v) is 7.79. The summed E-state index contributed by atoms with van der Waals surface area (Å²) in [5.74, 6) is 2.16. The van der Waals surface area contributed by atoms with E-state index in [4.69, 9.17) is 0 Å². The fourth-order valence-electron chi connectivity index (χ4n) is 5.03. The molecule has 6 unspecified atom stereocenters. The van der Waals surface area contributed by atoms with Gasteiger partial charge in [-0.2, -0.15) is 0 Å². The van der Waals surface area contributed by atoms with Gasteiger partial charge in [-0.15, -0.1) is 0 Å². The number of fused-ring (bicyclic) bond motifs is 1. The lowest BCUT2D eigenvalue weighted by Crippen LogP contribution is -2.56. The van der Waals surface area contributed by atoms with Crippen molar-refractivity contribution in [1.29, 1.82) is 0 Å². The van der Waals surface area contributed by atoms with E-state index in [9.17, 15) is 9.90 Å². The van der Waals surface area contributed by atoms with E-state index in [1.54, 1.807) is 0 Å². The van der Waals surface area contributed by atoms with Crippen molar-refractivity contribution in [2.45, 2.75) is 31.8 Å². The van der Waals surface area contributed by atoms with Gasteiger partial charge in [0.05, 0.1) is 11.5 Å². The molecule has 6 fully saturated rings. The Kier molecular flexibility index (Phi) is 0.805. The third-order valence-corrected chi connectivity index (χ3v) is 5.63. The second kappa shape index (κ2) is 1.50. The molecule has 6 aliphatic rings. The molecule has 13 heavy (non-hydrogen) atoms. The molecule has 0 heterocycles. The van der Waals surface area contributed by atoms with E-state index < -0.39 is 5.60 Å². The van der Waals surface area contributed by atoms with E-state index in [2.05, 4.69) is 6.92 Å². The fraction of sp³-hybridized carbons (Fsp3) is 0.909. The molecule has 0 saturated heterocycles. The smallest absolute Gasteiger partial charge is 0.139 e. The van der Waals surface area contributed by atoms with Gasteiger partial charge in [-0.3, -0.25) is 4.79 Å². The van der Waals surface area contributed by atoms with Gasteiger partial charge in [-0.05, 0) is 36.0 Å². The topological polar surface area (TPSA) is 37.3 Å². The first kappa shape index (κ1) is 6.99. The maximum absolute atomic E-state index is 11.7. The zero-order chi connectivity index (χ0) is 9.01. The van der Waals surface area contributed by atoms with Crippen molar-refractivity contribution in [3.63, 3.8) is 0 Å². The van der Waals surface area contributed by atoms with Gasteiger partial charge in [0.2, 0.25) is 0 Å². The highest BCUT2D eigenvalue weighted by molar-refractivity contribution is 5.87. The van der Waals surface area contributed by atoms with Crippen LogP contribution in [0.1, 0.15) is 26.2 Å². The molecule has 6 bridgehead atoms. The summed E-state index contributed by atoms with van der Waals surface area (Å²) in [5, 5.41) is 10.3. The number of aliphatic hydroxyl groups is 1. The van der Waals surface area contributed by atoms with E-state index in [0.29, 0.717) is 29.0 Å². The van der Waals surface area contributed by atoms with Crippen LogP contribution in [0.25, 0.3) is 0 Å². The number of hydrogen-bond donors (Lipinski definition) is 1. The lowest BCUT2D eigenvalue weighted by atomic mass is 9.55. The second-order valence-electron chi connectivity index (χ2n) is 5.86. The average Bonchev–Trinajstić information content (AvgIpc) is 2.55. The number of ketones is 1. The Balaban J connectivity index is 1.94. The molecule has 0 aromatic heterocycles. The maximum atomic E-state index is 11.7. The molecule has 2 heteroatoms. The molecule has 6 atom stereocenters. The molecule has 0 spiro atoms. The van der Waals surface area contributed by atoms with Gasteiger partial charge in [-0.25, -0.2) is 0 Å². The van der Waals surface area contributed by atoms with Crippen molar-refractivity contribution in [3.05, 3.63) is 0 Å². The first-order valence-electron chi connectivity index (χ1n) is 5.32. The van der Waals surface area contributed by atoms with Crippen LogP contribution in [0.3, 0.4) is 0 Å². The van der Waals surface area contributed by atoms with Crippen LogP contribution in [0.4, 0.5) is 0 Å². The van der Waals surface area contributed by atoms with Crippen molar-refractivity contribution in [2.75, 3.05) is 0 Å². The van der Waals surface area contributed by atoms with Crippen LogP contribution in [0, 0.1) is 29.1 Å². The summed E-state index contributed by atoms with van der Waals surface area (Å²) < 4.78 is 0. The molecule has 0 aromatic carbocycles. The van der Waals surface area contributed by atoms with E-state index in [1.165, 1.54) is 0 Å². The molecule has 2 nitrogen and oxygen atoms in total. The third kappa shape index (κ3) is 0.475. The molecular formula is C11H14O2. The molecule has 6 saturated carbocycles. The van der Waals surface area contributed by atoms with Gasteiger partial charge in [0.25, 0.3) is 0 Å². The van der Waals surface area contributed by atoms with Crippen LogP contribution in [0.2, 0.25) is 0 Å². The summed E-state index contributed by atoms with van der Waals surface area (Å²) >= 11 is 0. The molecule has 6 rings (SSSR count). The molecule has 0 radical (unpaired) electrons. The molecule has 6 aliphatic carbocycles. The number of carbonyl (C=O) groups excluding carboxylic acids is 1. The predicted octanol–water partition coefficient (Wildman–Crippen LogP) is 0.982. The molecule has 1 N–H and O–H groups in total. The van der Waals surface area contributed by atoms with Crippen molar-refractivity contribution in [3.8, 4) is 0 Å². The first-order valence-corrected chi connectivity index (χ1v) is 5.32. The SMILES string of the molecule is CC12C3CC(=O)C4C1C2CC4(O)C3. The Morgan fingerprint density at radius 2 is 2.23 bits per heavy atom. The lowest BCUT2D eigenvalue weighted by Gasteiger charge is -2.51. The van der Waals surface area contributed by atoms with Gasteiger partial charge < -0.3 is 5.11 Å². The molecule has 0 amide bonds. The summed E-state index contributed by atoms with van der Waals surface area (Å²) in [6.07, 6.45) is 2.59. The van der Waals surface area contributed by atoms with Crippen molar-refractivity contribution in [2.24, 2.45) is 29.1 Å². The molecular weight excluding hydrogens is 164 g/mol. The maximum Gasteiger partial charge on any atom is 0.139 e. The minimum absolute atomic E-state index is 0.0347. The van der Waals surface area contributed by atoms with Gasteiger partial charge in [0, 0.05) is 6.42 Å². The Bertz CT molecular complexity index is 333. The van der Waals surface area contributed by atoms with Crippen LogP contribution in [0.5, 0.6) is 0 Å². The van der Waals surface area contributed by atoms with E-state index in [1.807, 2.05) is 0 Å². The highest BCUT2D eigenvalue weighted by Crippen LogP contribution is 2.83. The van der Waals surface area contributed by atoms with Crippen molar-refractivity contribution >= 4 is 5.78 Å². The fourth-order valence-corrected chi connectivity index (χ4v) is 5.03. The summed E-state index contributed by atoms with van der Waals surface area (Å²) in [7, 11) is 0. The normalized spacial score (nSPS) is 71.7. The number of rotatable bonds is 0. The minimum atomic E-state index is -0.562. The molecule has 0 aliphatic heterocycles. The largest absolute Gasteiger partial charge is 0.389 e. The van der Waals surface area contributed by atoms with E-state index >= 15 is 0 Å². The third-order valence-electron chi connectivity index (χ3n) is 5.63. The standard InChI is InChI=1S/C11H14O2/c1-10-5-2-7(12)9-8(10)6(10)4-11(9,13)3-5/h5-6,8-9,13H,2-4H2,1H3. The van der Waals surface area contributed by atoms with Crippen LogP contribution in [0.15, 0.2) is 0 Å². The Morgan fingerprint density at radius 1 is 1.46 bits per heavy atom. The van der Waals surface area contributed by atoms with Crippen LogP contribution in [-0.4, -0.2) is 16.5 Å². The highest BCUT2D eigenvalue weighted by Gasteiger charge is 2.83. The summed E-state index contributed by atoms with van der Waals surface area (Å²) in [6, 6.07) is 0. The molecule has 0 aromatic rings. The van der Waals surface area contributed by atoms with Gasteiger partial charge >= 0.3 is 0 Å². The van der Waals surface area contributed by atoms with Crippen molar-refractivity contribution in [1.82, 2.24) is 0 Å². The van der Waals surface area contributed by atoms with Gasteiger partial charge in [0.1, 0.15) is 5.78 Å². The van der Waals surface area contributed by atoms with Crippen LogP contribution >= 0.6 is 0 Å². The quantitative estimate of drug-likeness (QED) is 0.600. The Hall–Kier alpha value is -0.370. The minimum Gasteiger partial charge on any atom is -0.389 e. The van der Waals surface area contributed by atoms with Crippen LogP contribution < -0.4 is 0 Å². The number of hydrogen-bond acceptors (Lipinski definition) is 2. The van der Waals surface area contributed by atoms with E-state index in [0.717, 1.165) is 19.3 Å².